The lowest BCUT2D eigenvalue weighted by molar-refractivity contribution is 0.198. The van der Waals surface area contributed by atoms with Crippen LogP contribution < -0.4 is 0 Å². The number of sulfonamides is 1. The molecule has 1 N–H and O–H groups in total. The van der Waals surface area contributed by atoms with Crippen molar-refractivity contribution >= 4 is 21.6 Å². The first-order chi connectivity index (χ1) is 9.46. The van der Waals surface area contributed by atoms with Crippen molar-refractivity contribution < 1.29 is 13.5 Å². The molecule has 6 heteroatoms. The van der Waals surface area contributed by atoms with Crippen molar-refractivity contribution in [3.63, 3.8) is 0 Å². The van der Waals surface area contributed by atoms with Crippen molar-refractivity contribution in [2.24, 2.45) is 0 Å². The summed E-state index contributed by atoms with van der Waals surface area (Å²) in [6, 6.07) is 4.91. The summed E-state index contributed by atoms with van der Waals surface area (Å²) in [6.45, 7) is 2.12. The van der Waals surface area contributed by atoms with Crippen LogP contribution in [0.4, 0.5) is 0 Å². The molecular weight excluding hydrogens is 298 g/mol. The van der Waals surface area contributed by atoms with Gasteiger partial charge in [0.05, 0.1) is 4.90 Å². The Bertz CT molecular complexity index is 570. The summed E-state index contributed by atoms with van der Waals surface area (Å²) in [7, 11) is -3.52. The maximum absolute atomic E-state index is 12.8. The van der Waals surface area contributed by atoms with E-state index in [1.165, 1.54) is 0 Å². The van der Waals surface area contributed by atoms with Crippen molar-refractivity contribution in [2.75, 3.05) is 13.2 Å². The minimum absolute atomic E-state index is 0.00165. The predicted molar refractivity (Wildman–Crippen MR) is 79.4 cm³/mol. The van der Waals surface area contributed by atoms with Gasteiger partial charge in [0.2, 0.25) is 10.0 Å². The molecule has 0 amide bonds. The highest BCUT2D eigenvalue weighted by atomic mass is 35.5. The molecule has 0 heterocycles. The topological polar surface area (TPSA) is 57.6 Å². The number of aliphatic hydroxyl groups is 1. The average molecular weight is 318 g/mol. The molecule has 1 aliphatic carbocycles. The van der Waals surface area contributed by atoms with Crippen LogP contribution in [0, 0.1) is 6.92 Å². The number of benzene rings is 1. The summed E-state index contributed by atoms with van der Waals surface area (Å²) in [5.74, 6) is 0. The Morgan fingerprint density at radius 2 is 2.10 bits per heavy atom. The Hall–Kier alpha value is -0.620. The predicted octanol–water partition coefficient (Wildman–Crippen LogP) is 2.57. The first-order valence-electron chi connectivity index (χ1n) is 6.85. The minimum atomic E-state index is -3.52. The average Bonchev–Trinajstić information content (AvgIpc) is 2.31. The molecule has 4 nitrogen and oxygen atoms in total. The van der Waals surface area contributed by atoms with Crippen LogP contribution in [0.3, 0.4) is 0 Å². The van der Waals surface area contributed by atoms with Crippen LogP contribution in [0.25, 0.3) is 0 Å². The van der Waals surface area contributed by atoms with Crippen LogP contribution >= 0.6 is 11.6 Å². The fraction of sp³-hybridized carbons (Fsp3) is 0.571. The van der Waals surface area contributed by atoms with Gasteiger partial charge in [-0.05, 0) is 49.9 Å². The quantitative estimate of drug-likeness (QED) is 0.877. The molecule has 112 valence electrons. The van der Waals surface area contributed by atoms with Gasteiger partial charge in [0.15, 0.2) is 0 Å². The SMILES string of the molecule is Cc1cc(Cl)ccc1S(=O)(=O)N(CCCO)C1CCC1. The van der Waals surface area contributed by atoms with E-state index in [4.69, 9.17) is 16.7 Å². The van der Waals surface area contributed by atoms with Crippen LogP contribution in [0.1, 0.15) is 31.2 Å². The maximum Gasteiger partial charge on any atom is 0.243 e. The molecule has 0 bridgehead atoms. The van der Waals surface area contributed by atoms with Gasteiger partial charge in [0.1, 0.15) is 0 Å². The third kappa shape index (κ3) is 3.17. The van der Waals surface area contributed by atoms with Gasteiger partial charge in [-0.3, -0.25) is 0 Å². The Morgan fingerprint density at radius 3 is 2.60 bits per heavy atom. The standard InChI is InChI=1S/C14H20ClNO3S/c1-11-10-12(15)6-7-14(11)20(18,19)16(8-3-9-17)13-4-2-5-13/h6-7,10,13,17H,2-5,8-9H2,1H3. The normalized spacial score (nSPS) is 16.4. The second-order valence-electron chi connectivity index (χ2n) is 5.19. The molecule has 1 fully saturated rings. The van der Waals surface area contributed by atoms with Crippen molar-refractivity contribution in [1.82, 2.24) is 4.31 Å². The van der Waals surface area contributed by atoms with Gasteiger partial charge in [-0.25, -0.2) is 8.42 Å². The number of hydrogen-bond donors (Lipinski definition) is 1. The van der Waals surface area contributed by atoms with Crippen LogP contribution in [0.2, 0.25) is 5.02 Å². The lowest BCUT2D eigenvalue weighted by Crippen LogP contribution is -2.45. The second-order valence-corrected chi connectivity index (χ2v) is 7.48. The van der Waals surface area contributed by atoms with Gasteiger partial charge < -0.3 is 5.11 Å². The summed E-state index contributed by atoms with van der Waals surface area (Å²) in [4.78, 5) is 0.312. The van der Waals surface area contributed by atoms with Crippen molar-refractivity contribution in [3.05, 3.63) is 28.8 Å². The Labute approximate surface area is 125 Å². The molecule has 1 aromatic rings. The van der Waals surface area contributed by atoms with E-state index in [0.717, 1.165) is 19.3 Å². The highest BCUT2D eigenvalue weighted by Gasteiger charge is 2.35. The molecule has 20 heavy (non-hydrogen) atoms. The summed E-state index contributed by atoms with van der Waals surface area (Å²) >= 11 is 5.89. The summed E-state index contributed by atoms with van der Waals surface area (Å²) in [6.07, 6.45) is 3.33. The molecule has 0 atom stereocenters. The third-order valence-corrected chi connectivity index (χ3v) is 6.09. The highest BCUT2D eigenvalue weighted by molar-refractivity contribution is 7.89. The summed E-state index contributed by atoms with van der Waals surface area (Å²) in [5, 5.41) is 9.51. The van der Waals surface area contributed by atoms with E-state index in [1.54, 1.807) is 29.4 Å². The molecular formula is C14H20ClNO3S. The van der Waals surface area contributed by atoms with E-state index in [1.807, 2.05) is 0 Å². The zero-order valence-corrected chi connectivity index (χ0v) is 13.1. The first kappa shape index (κ1) is 15.8. The molecule has 2 rings (SSSR count). The van der Waals surface area contributed by atoms with Crippen LogP contribution in [-0.2, 0) is 10.0 Å². The van der Waals surface area contributed by atoms with Gasteiger partial charge in [-0.1, -0.05) is 18.0 Å². The molecule has 1 aromatic carbocycles. The van der Waals surface area contributed by atoms with E-state index < -0.39 is 10.0 Å². The van der Waals surface area contributed by atoms with Crippen LogP contribution in [0.5, 0.6) is 0 Å². The minimum Gasteiger partial charge on any atom is -0.396 e. The van der Waals surface area contributed by atoms with Crippen LogP contribution in [-0.4, -0.2) is 37.0 Å². The number of aryl methyl sites for hydroxylation is 1. The number of hydrogen-bond acceptors (Lipinski definition) is 3. The Kier molecular flexibility index (Phi) is 5.07. The molecule has 0 aromatic heterocycles. The van der Waals surface area contributed by atoms with Gasteiger partial charge in [0.25, 0.3) is 0 Å². The van der Waals surface area contributed by atoms with E-state index in [2.05, 4.69) is 0 Å². The Balaban J connectivity index is 2.33. The van der Waals surface area contributed by atoms with Crippen molar-refractivity contribution in [1.29, 1.82) is 0 Å². The van der Waals surface area contributed by atoms with E-state index in [-0.39, 0.29) is 12.6 Å². The molecule has 0 unspecified atom stereocenters. The number of nitrogens with zero attached hydrogens (tertiary/aromatic N) is 1. The zero-order chi connectivity index (χ0) is 14.8. The fourth-order valence-electron chi connectivity index (χ4n) is 2.43. The van der Waals surface area contributed by atoms with Crippen molar-refractivity contribution in [2.45, 2.75) is 43.5 Å². The largest absolute Gasteiger partial charge is 0.396 e. The van der Waals surface area contributed by atoms with Crippen LogP contribution in [0.15, 0.2) is 23.1 Å². The number of rotatable bonds is 6. The van der Waals surface area contributed by atoms with E-state index >= 15 is 0 Å². The summed E-state index contributed by atoms with van der Waals surface area (Å²) < 4.78 is 27.2. The lowest BCUT2D eigenvalue weighted by atomic mass is 9.93. The van der Waals surface area contributed by atoms with Crippen molar-refractivity contribution in [3.8, 4) is 0 Å². The van der Waals surface area contributed by atoms with Gasteiger partial charge in [0, 0.05) is 24.2 Å². The Morgan fingerprint density at radius 1 is 1.40 bits per heavy atom. The zero-order valence-electron chi connectivity index (χ0n) is 11.5. The maximum atomic E-state index is 12.8. The molecule has 1 saturated carbocycles. The second kappa shape index (κ2) is 6.43. The fourth-order valence-corrected chi connectivity index (χ4v) is 4.59. The monoisotopic (exact) mass is 317 g/mol. The van der Waals surface area contributed by atoms with Gasteiger partial charge in [-0.2, -0.15) is 4.31 Å². The summed E-state index contributed by atoms with van der Waals surface area (Å²) in [5.41, 5.74) is 0.658. The first-order valence-corrected chi connectivity index (χ1v) is 8.67. The molecule has 0 spiro atoms. The smallest absolute Gasteiger partial charge is 0.243 e. The van der Waals surface area contributed by atoms with E-state index in [0.29, 0.717) is 28.4 Å². The highest BCUT2D eigenvalue weighted by Crippen LogP contribution is 2.31. The number of halogens is 1. The lowest BCUT2D eigenvalue weighted by Gasteiger charge is -2.36. The number of aliphatic hydroxyl groups excluding tert-OH is 1. The van der Waals surface area contributed by atoms with Gasteiger partial charge in [-0.15, -0.1) is 0 Å². The molecule has 0 radical (unpaired) electrons. The third-order valence-electron chi connectivity index (χ3n) is 3.74. The van der Waals surface area contributed by atoms with E-state index in [9.17, 15) is 8.42 Å². The molecule has 1 aliphatic rings. The molecule has 0 saturated heterocycles. The molecule has 0 aliphatic heterocycles. The van der Waals surface area contributed by atoms with Gasteiger partial charge >= 0.3 is 0 Å².